The molecule has 0 spiro atoms. The summed E-state index contributed by atoms with van der Waals surface area (Å²) in [7, 11) is 0. The van der Waals surface area contributed by atoms with Gasteiger partial charge in [0.2, 0.25) is 11.8 Å². The van der Waals surface area contributed by atoms with Gasteiger partial charge in [0.25, 0.3) is 5.91 Å². The van der Waals surface area contributed by atoms with Crippen LogP contribution in [0.3, 0.4) is 0 Å². The van der Waals surface area contributed by atoms with Crippen LogP contribution >= 0.6 is 23.1 Å². The highest BCUT2D eigenvalue weighted by Crippen LogP contribution is 2.68. The highest BCUT2D eigenvalue weighted by Gasteiger charge is 2.69. The van der Waals surface area contributed by atoms with Crippen LogP contribution in [0.5, 0.6) is 5.75 Å². The number of aromatic nitrogens is 1. The molecule has 4 aliphatic rings. The van der Waals surface area contributed by atoms with Gasteiger partial charge in [0.05, 0.1) is 16.9 Å². The number of carbonyl (C=O) groups is 4. The molecule has 7 rings (SSSR count). The van der Waals surface area contributed by atoms with Crippen molar-refractivity contribution in [3.05, 3.63) is 74.2 Å². The number of carbonyl (C=O) groups excluding carboxylic acids is 3. The summed E-state index contributed by atoms with van der Waals surface area (Å²) < 4.78 is 5.76. The van der Waals surface area contributed by atoms with Crippen LogP contribution in [0.4, 0.5) is 5.69 Å². The predicted octanol–water partition coefficient (Wildman–Crippen LogP) is 4.10. The molecule has 3 aromatic rings. The molecule has 3 fully saturated rings. The summed E-state index contributed by atoms with van der Waals surface area (Å²) in [6.07, 6.45) is 0.935. The number of aryl methyl sites for hydroxylation is 1. The third kappa shape index (κ3) is 4.93. The number of thiazole rings is 1. The van der Waals surface area contributed by atoms with E-state index < -0.39 is 11.9 Å². The molecule has 0 radical (unpaired) electrons. The molecular formula is C32H31N3O7S2. The molecule has 1 saturated heterocycles. The van der Waals surface area contributed by atoms with E-state index in [9.17, 15) is 24.0 Å². The molecule has 10 nitrogen and oxygen atoms in total. The molecule has 2 aliphatic heterocycles. The molecule has 12 heteroatoms. The molecule has 1 aromatic heterocycles. The molecular weight excluding hydrogens is 603 g/mol. The second-order valence-corrected chi connectivity index (χ2v) is 14.3. The van der Waals surface area contributed by atoms with Crippen LogP contribution in [0.15, 0.2) is 58.4 Å². The zero-order chi connectivity index (χ0) is 30.7. The Morgan fingerprint density at radius 1 is 1.02 bits per heavy atom. The third-order valence-corrected chi connectivity index (χ3v) is 12.1. The highest BCUT2D eigenvalue weighted by molar-refractivity contribution is 8.00. The quantitative estimate of drug-likeness (QED) is 0.299. The van der Waals surface area contributed by atoms with Crippen LogP contribution in [0.25, 0.3) is 0 Å². The number of thioether (sulfide) groups is 1. The van der Waals surface area contributed by atoms with Crippen molar-refractivity contribution < 1.29 is 29.0 Å². The van der Waals surface area contributed by atoms with Gasteiger partial charge >= 0.3 is 10.8 Å². The second-order valence-electron chi connectivity index (χ2n) is 12.1. The molecule has 3 N–H and O–H groups in total. The number of carboxylic acid groups (broad SMARTS) is 1. The molecule has 44 heavy (non-hydrogen) atoms. The van der Waals surface area contributed by atoms with E-state index in [0.29, 0.717) is 11.4 Å². The zero-order valence-corrected chi connectivity index (χ0v) is 25.5. The lowest BCUT2D eigenvalue weighted by Gasteiger charge is -2.43. The summed E-state index contributed by atoms with van der Waals surface area (Å²) in [5.41, 5.74) is 2.79. The smallest absolute Gasteiger partial charge is 0.305 e. The van der Waals surface area contributed by atoms with Gasteiger partial charge in [0.1, 0.15) is 5.75 Å². The average Bonchev–Trinajstić information content (AvgIpc) is 3.73. The highest BCUT2D eigenvalue weighted by atomic mass is 32.2. The number of benzene rings is 2. The molecule has 2 saturated carbocycles. The van der Waals surface area contributed by atoms with Crippen molar-refractivity contribution in [3.8, 4) is 5.75 Å². The van der Waals surface area contributed by atoms with Crippen molar-refractivity contribution in [2.24, 2.45) is 29.6 Å². The standard InChI is InChI=1S/C32H31N3O7S2/c1-15-4-8-17(9-5-15)33-21(36)14-42-18-10-6-16(7-11-18)23-24-19-13-20(27(24)43-29-28(23)44-32(41)34-29)26-25(19)30(39)35(31(26)40)12-2-3-22(37)38/h4-11,19-20,23-27H,2-3,12-14H2,1H3,(H,33,36)(H,34,41)(H,37,38)/t19?,20?,23-,24?,25?,26?,27?/m1/s1. The number of hydrogen-bond donors (Lipinski definition) is 3. The number of fused-ring (bicyclic) bond motifs is 9. The first kappa shape index (κ1) is 28.8. The first-order valence-corrected chi connectivity index (χ1v) is 16.4. The van der Waals surface area contributed by atoms with Crippen LogP contribution in [-0.4, -0.2) is 57.1 Å². The number of aromatic amines is 1. The number of H-pyrrole nitrogens is 1. The van der Waals surface area contributed by atoms with Gasteiger partial charge in [-0.25, -0.2) is 0 Å². The fraction of sp³-hybridized carbons (Fsp3) is 0.406. The Morgan fingerprint density at radius 3 is 2.43 bits per heavy atom. The molecule has 2 bridgehead atoms. The Kier molecular flexibility index (Phi) is 7.36. The number of nitrogens with one attached hydrogen (secondary N) is 2. The van der Waals surface area contributed by atoms with Crippen LogP contribution in [0.2, 0.25) is 0 Å². The number of ether oxygens (including phenoxy) is 1. The molecule has 228 valence electrons. The van der Waals surface area contributed by atoms with E-state index in [1.165, 1.54) is 16.2 Å². The zero-order valence-electron chi connectivity index (χ0n) is 23.9. The van der Waals surface area contributed by atoms with E-state index in [1.54, 1.807) is 11.8 Å². The fourth-order valence-corrected chi connectivity index (χ4v) is 10.7. The average molecular weight is 634 g/mol. The second kappa shape index (κ2) is 11.2. The number of carboxylic acids is 1. The SMILES string of the molecule is Cc1ccc(NC(=O)COc2ccc([C@H]3c4sc(=O)[nH]c4SC4C5CC(C6C(=O)N(CCCC(=O)O)C(=O)C56)C43)cc2)cc1. The Morgan fingerprint density at radius 2 is 1.73 bits per heavy atom. The summed E-state index contributed by atoms with van der Waals surface area (Å²) in [6.45, 7) is 1.97. The Balaban J connectivity index is 1.10. The van der Waals surface area contributed by atoms with Gasteiger partial charge in [-0.15, -0.1) is 11.8 Å². The maximum Gasteiger partial charge on any atom is 0.305 e. The summed E-state index contributed by atoms with van der Waals surface area (Å²) in [6, 6.07) is 15.1. The molecule has 2 aliphatic carbocycles. The summed E-state index contributed by atoms with van der Waals surface area (Å²) in [5, 5.41) is 12.8. The number of hydrogen-bond acceptors (Lipinski definition) is 8. The Hall–Kier alpha value is -3.90. The Labute approximate surface area is 261 Å². The van der Waals surface area contributed by atoms with Gasteiger partial charge in [-0.1, -0.05) is 41.2 Å². The lowest BCUT2D eigenvalue weighted by atomic mass is 9.68. The van der Waals surface area contributed by atoms with E-state index >= 15 is 0 Å². The number of rotatable bonds is 9. The molecule has 3 heterocycles. The van der Waals surface area contributed by atoms with Crippen LogP contribution in [0, 0.1) is 36.5 Å². The molecule has 2 aromatic carbocycles. The largest absolute Gasteiger partial charge is 0.484 e. The van der Waals surface area contributed by atoms with Crippen LogP contribution < -0.4 is 14.9 Å². The number of anilines is 1. The van der Waals surface area contributed by atoms with E-state index in [4.69, 9.17) is 9.84 Å². The molecule has 3 amide bonds. The minimum atomic E-state index is -0.948. The number of imide groups is 1. The Bertz CT molecular complexity index is 1700. The predicted molar refractivity (Wildman–Crippen MR) is 164 cm³/mol. The van der Waals surface area contributed by atoms with Crippen molar-refractivity contribution in [2.45, 2.75) is 42.4 Å². The first-order chi connectivity index (χ1) is 21.2. The van der Waals surface area contributed by atoms with Crippen molar-refractivity contribution in [1.82, 2.24) is 9.88 Å². The molecule has 7 atom stereocenters. The fourth-order valence-electron chi connectivity index (χ4n) is 7.81. The number of amides is 3. The van der Waals surface area contributed by atoms with Gasteiger partial charge in [-0.2, -0.15) is 0 Å². The first-order valence-electron chi connectivity index (χ1n) is 14.8. The van der Waals surface area contributed by atoms with Crippen LogP contribution in [-0.2, 0) is 19.2 Å². The van der Waals surface area contributed by atoms with Gasteiger partial charge in [-0.05, 0) is 67.3 Å². The van der Waals surface area contributed by atoms with Crippen LogP contribution in [0.1, 0.15) is 41.2 Å². The van der Waals surface area contributed by atoms with Crippen molar-refractivity contribution >= 4 is 52.5 Å². The van der Waals surface area contributed by atoms with Gasteiger partial charge in [0, 0.05) is 34.7 Å². The monoisotopic (exact) mass is 633 g/mol. The number of nitrogens with zero attached hydrogens (tertiary/aromatic N) is 1. The normalized spacial score (nSPS) is 28.0. The summed E-state index contributed by atoms with van der Waals surface area (Å²) in [4.78, 5) is 68.1. The van der Waals surface area contributed by atoms with E-state index in [-0.39, 0.29) is 83.4 Å². The number of aliphatic carboxylic acids is 1. The van der Waals surface area contributed by atoms with E-state index in [0.717, 1.165) is 27.5 Å². The van der Waals surface area contributed by atoms with Gasteiger partial charge in [-0.3, -0.25) is 28.9 Å². The maximum atomic E-state index is 13.6. The topological polar surface area (TPSA) is 146 Å². The lowest BCUT2D eigenvalue weighted by Crippen LogP contribution is -2.42. The lowest BCUT2D eigenvalue weighted by molar-refractivity contribution is -0.142. The van der Waals surface area contributed by atoms with Crippen molar-refractivity contribution in [2.75, 3.05) is 18.5 Å². The van der Waals surface area contributed by atoms with Crippen molar-refractivity contribution in [1.29, 1.82) is 0 Å². The molecule has 6 unspecified atom stereocenters. The van der Waals surface area contributed by atoms with Gasteiger partial charge in [0.15, 0.2) is 6.61 Å². The van der Waals surface area contributed by atoms with Crippen molar-refractivity contribution in [3.63, 3.8) is 0 Å². The summed E-state index contributed by atoms with van der Waals surface area (Å²) in [5.74, 6) is -1.89. The van der Waals surface area contributed by atoms with Gasteiger partial charge < -0.3 is 20.1 Å². The summed E-state index contributed by atoms with van der Waals surface area (Å²) >= 11 is 2.82. The van der Waals surface area contributed by atoms with E-state index in [2.05, 4.69) is 10.3 Å². The third-order valence-electron chi connectivity index (χ3n) is 9.53. The minimum absolute atomic E-state index is 0.00891. The minimum Gasteiger partial charge on any atom is -0.484 e. The van der Waals surface area contributed by atoms with E-state index in [1.807, 2.05) is 55.5 Å². The number of likely N-dealkylation sites (tertiary alicyclic amines) is 1. The maximum absolute atomic E-state index is 13.6.